The first kappa shape index (κ1) is 9.09. The lowest BCUT2D eigenvalue weighted by Gasteiger charge is -2.01. The number of fused-ring (bicyclic) bond motifs is 1. The smallest absolute Gasteiger partial charge is 0.339 e. The molecule has 14 heavy (non-hydrogen) atoms. The van der Waals surface area contributed by atoms with Gasteiger partial charge in [0.05, 0.1) is 12.7 Å². The molecule has 0 bridgehead atoms. The molecule has 0 spiro atoms. The summed E-state index contributed by atoms with van der Waals surface area (Å²) >= 11 is 5.90. The van der Waals surface area contributed by atoms with Gasteiger partial charge in [0.2, 0.25) is 0 Å². The average molecular weight is 210 g/mol. The number of methoxy groups -OCH3 is 1. The minimum atomic E-state index is -0.364. The van der Waals surface area contributed by atoms with Gasteiger partial charge in [-0.3, -0.25) is 0 Å². The highest BCUT2D eigenvalue weighted by Crippen LogP contribution is 2.16. The van der Waals surface area contributed by atoms with E-state index in [0.29, 0.717) is 10.7 Å². The zero-order chi connectivity index (χ0) is 10.1. The summed E-state index contributed by atoms with van der Waals surface area (Å²) in [6.07, 6.45) is 1.66. The number of rotatable bonds is 1. The summed E-state index contributed by atoms with van der Waals surface area (Å²) in [5, 5.41) is 0.575. The van der Waals surface area contributed by atoms with Gasteiger partial charge < -0.3 is 9.14 Å². The molecule has 2 aromatic heterocycles. The molecule has 0 aliphatic rings. The molecule has 2 heterocycles. The van der Waals surface area contributed by atoms with E-state index < -0.39 is 0 Å². The van der Waals surface area contributed by atoms with Crippen molar-refractivity contribution in [2.75, 3.05) is 7.11 Å². The lowest BCUT2D eigenvalue weighted by molar-refractivity contribution is 0.0600. The number of carbonyl (C=O) groups excluding carboxylic acids is 1. The summed E-state index contributed by atoms with van der Waals surface area (Å²) in [4.78, 5) is 11.2. The van der Waals surface area contributed by atoms with E-state index in [9.17, 15) is 4.79 Å². The van der Waals surface area contributed by atoms with Crippen molar-refractivity contribution in [1.82, 2.24) is 4.40 Å². The van der Waals surface area contributed by atoms with E-state index in [1.54, 1.807) is 22.7 Å². The highest BCUT2D eigenvalue weighted by atomic mass is 35.5. The van der Waals surface area contributed by atoms with Crippen molar-refractivity contribution in [3.8, 4) is 0 Å². The topological polar surface area (TPSA) is 30.7 Å². The Balaban J connectivity index is 2.60. The van der Waals surface area contributed by atoms with Gasteiger partial charge >= 0.3 is 5.97 Å². The largest absolute Gasteiger partial charge is 0.465 e. The molecule has 0 N–H and O–H groups in total. The third kappa shape index (κ3) is 1.36. The molecule has 0 unspecified atom stereocenters. The fraction of sp³-hybridized carbons (Fsp3) is 0.100. The Labute approximate surface area is 85.9 Å². The van der Waals surface area contributed by atoms with Crippen LogP contribution >= 0.6 is 11.6 Å². The van der Waals surface area contributed by atoms with Crippen molar-refractivity contribution in [3.63, 3.8) is 0 Å². The summed E-state index contributed by atoms with van der Waals surface area (Å²) in [5.41, 5.74) is 1.43. The van der Waals surface area contributed by atoms with Crippen LogP contribution in [-0.4, -0.2) is 17.5 Å². The van der Waals surface area contributed by atoms with Crippen LogP contribution in [0.4, 0.5) is 0 Å². The standard InChI is InChI=1S/C10H8ClNO2/c1-14-10(13)7-2-3-8-4-5-9(11)12(8)6-7/h2-6H,1H3. The molecule has 0 aromatic carbocycles. The molecule has 0 saturated carbocycles. The van der Waals surface area contributed by atoms with E-state index in [1.807, 2.05) is 12.1 Å². The van der Waals surface area contributed by atoms with Gasteiger partial charge in [-0.15, -0.1) is 0 Å². The molecule has 0 aliphatic carbocycles. The van der Waals surface area contributed by atoms with E-state index >= 15 is 0 Å². The van der Waals surface area contributed by atoms with Crippen LogP contribution in [0.5, 0.6) is 0 Å². The van der Waals surface area contributed by atoms with Crippen LogP contribution < -0.4 is 0 Å². The summed E-state index contributed by atoms with van der Waals surface area (Å²) in [6, 6.07) is 7.18. The fourth-order valence-corrected chi connectivity index (χ4v) is 1.52. The maximum absolute atomic E-state index is 11.2. The van der Waals surface area contributed by atoms with Crippen LogP contribution in [-0.2, 0) is 4.74 Å². The normalized spacial score (nSPS) is 10.4. The van der Waals surface area contributed by atoms with Crippen molar-refractivity contribution in [2.45, 2.75) is 0 Å². The van der Waals surface area contributed by atoms with Gasteiger partial charge in [0, 0.05) is 11.7 Å². The predicted octanol–water partition coefficient (Wildman–Crippen LogP) is 2.38. The van der Waals surface area contributed by atoms with Crippen LogP contribution in [0.3, 0.4) is 0 Å². The van der Waals surface area contributed by atoms with E-state index in [4.69, 9.17) is 11.6 Å². The van der Waals surface area contributed by atoms with Crippen molar-refractivity contribution in [2.24, 2.45) is 0 Å². The van der Waals surface area contributed by atoms with Gasteiger partial charge in [-0.25, -0.2) is 4.79 Å². The van der Waals surface area contributed by atoms with Crippen molar-refractivity contribution >= 4 is 23.1 Å². The monoisotopic (exact) mass is 209 g/mol. The number of halogens is 1. The zero-order valence-corrected chi connectivity index (χ0v) is 8.28. The first-order valence-electron chi connectivity index (χ1n) is 4.07. The second kappa shape index (κ2) is 3.35. The molecular weight excluding hydrogens is 202 g/mol. The first-order valence-corrected chi connectivity index (χ1v) is 4.45. The maximum Gasteiger partial charge on any atom is 0.339 e. The van der Waals surface area contributed by atoms with Gasteiger partial charge in [-0.1, -0.05) is 11.6 Å². The van der Waals surface area contributed by atoms with Crippen molar-refractivity contribution < 1.29 is 9.53 Å². The van der Waals surface area contributed by atoms with Crippen LogP contribution in [0.1, 0.15) is 10.4 Å². The molecule has 2 rings (SSSR count). The summed E-state index contributed by atoms with van der Waals surface area (Å²) in [7, 11) is 1.35. The van der Waals surface area contributed by atoms with Crippen LogP contribution in [0.2, 0.25) is 5.15 Å². The first-order chi connectivity index (χ1) is 6.72. The highest BCUT2D eigenvalue weighted by Gasteiger charge is 2.06. The lowest BCUT2D eigenvalue weighted by atomic mass is 10.3. The van der Waals surface area contributed by atoms with Gasteiger partial charge in [0.15, 0.2) is 0 Å². The molecule has 2 aromatic rings. The van der Waals surface area contributed by atoms with Gasteiger partial charge in [-0.2, -0.15) is 0 Å². The fourth-order valence-electron chi connectivity index (χ4n) is 1.31. The Bertz CT molecular complexity index is 490. The molecule has 0 radical (unpaired) electrons. The summed E-state index contributed by atoms with van der Waals surface area (Å²) in [5.74, 6) is -0.364. The Morgan fingerprint density at radius 3 is 2.79 bits per heavy atom. The number of hydrogen-bond donors (Lipinski definition) is 0. The Morgan fingerprint density at radius 1 is 1.36 bits per heavy atom. The lowest BCUT2D eigenvalue weighted by Crippen LogP contribution is -2.02. The van der Waals surface area contributed by atoms with E-state index in [0.717, 1.165) is 5.52 Å². The Morgan fingerprint density at radius 2 is 2.07 bits per heavy atom. The number of esters is 1. The average Bonchev–Trinajstić information content (AvgIpc) is 2.59. The maximum atomic E-state index is 11.2. The number of nitrogens with zero attached hydrogens (tertiary/aromatic N) is 1. The molecule has 4 heteroatoms. The Hall–Kier alpha value is -1.48. The molecule has 0 fully saturated rings. The minimum Gasteiger partial charge on any atom is -0.465 e. The van der Waals surface area contributed by atoms with Gasteiger partial charge in [0.25, 0.3) is 0 Å². The molecule has 0 amide bonds. The third-order valence-corrected chi connectivity index (χ3v) is 2.33. The van der Waals surface area contributed by atoms with Crippen molar-refractivity contribution in [3.05, 3.63) is 41.2 Å². The van der Waals surface area contributed by atoms with Gasteiger partial charge in [0.1, 0.15) is 5.15 Å². The van der Waals surface area contributed by atoms with Crippen LogP contribution in [0.25, 0.3) is 5.52 Å². The van der Waals surface area contributed by atoms with E-state index in [1.165, 1.54) is 7.11 Å². The highest BCUT2D eigenvalue weighted by molar-refractivity contribution is 6.30. The number of hydrogen-bond acceptors (Lipinski definition) is 2. The SMILES string of the molecule is COC(=O)c1ccc2ccc(Cl)n2c1. The van der Waals surface area contributed by atoms with Gasteiger partial charge in [-0.05, 0) is 24.3 Å². The molecule has 0 saturated heterocycles. The second-order valence-corrected chi connectivity index (χ2v) is 3.25. The summed E-state index contributed by atoms with van der Waals surface area (Å²) < 4.78 is 6.34. The van der Waals surface area contributed by atoms with Crippen LogP contribution in [0, 0.1) is 0 Å². The Kier molecular flexibility index (Phi) is 2.17. The number of carbonyl (C=O) groups is 1. The van der Waals surface area contributed by atoms with E-state index in [2.05, 4.69) is 4.74 Å². The minimum absolute atomic E-state index is 0.364. The van der Waals surface area contributed by atoms with Crippen LogP contribution in [0.15, 0.2) is 30.5 Å². The molecule has 0 aliphatic heterocycles. The quantitative estimate of drug-likeness (QED) is 0.676. The molecule has 72 valence electrons. The number of aromatic nitrogens is 1. The number of ether oxygens (including phenoxy) is 1. The molecular formula is C10H8ClNO2. The van der Waals surface area contributed by atoms with E-state index in [-0.39, 0.29) is 5.97 Å². The molecule has 0 atom stereocenters. The third-order valence-electron chi connectivity index (χ3n) is 2.02. The van der Waals surface area contributed by atoms with Crippen molar-refractivity contribution in [1.29, 1.82) is 0 Å². The second-order valence-electron chi connectivity index (χ2n) is 2.86. The zero-order valence-electron chi connectivity index (χ0n) is 7.53. The summed E-state index contributed by atoms with van der Waals surface area (Å²) in [6.45, 7) is 0. The number of pyridine rings is 1. The predicted molar refractivity (Wildman–Crippen MR) is 53.7 cm³/mol. The molecule has 3 nitrogen and oxygen atoms in total.